The van der Waals surface area contributed by atoms with Crippen LogP contribution in [0.4, 0.5) is 0 Å². The highest BCUT2D eigenvalue weighted by molar-refractivity contribution is 5.35. The van der Waals surface area contributed by atoms with Gasteiger partial charge in [0, 0.05) is 6.61 Å². The fourth-order valence-electron chi connectivity index (χ4n) is 2.80. The standard InChI is InChI=1S/C17H26O3/c1-3-4-9-19-10-11-20-16-12-13(2)14-7-5-6-8-15(14)17(16)18/h5-8,13,16-18H,3-4,9-12H2,1-2H3. The van der Waals surface area contributed by atoms with Crippen molar-refractivity contribution in [1.29, 1.82) is 0 Å². The van der Waals surface area contributed by atoms with Gasteiger partial charge in [-0.2, -0.15) is 0 Å². The van der Waals surface area contributed by atoms with Gasteiger partial charge in [-0.3, -0.25) is 0 Å². The zero-order valence-corrected chi connectivity index (χ0v) is 12.5. The number of hydrogen-bond acceptors (Lipinski definition) is 3. The van der Waals surface area contributed by atoms with Gasteiger partial charge in [0.25, 0.3) is 0 Å². The van der Waals surface area contributed by atoms with Crippen molar-refractivity contribution in [3.8, 4) is 0 Å². The van der Waals surface area contributed by atoms with Crippen molar-refractivity contribution < 1.29 is 14.6 Å². The summed E-state index contributed by atoms with van der Waals surface area (Å²) in [6, 6.07) is 8.12. The maximum atomic E-state index is 10.4. The molecule has 3 unspecified atom stereocenters. The van der Waals surface area contributed by atoms with Gasteiger partial charge in [0.15, 0.2) is 0 Å². The Balaban J connectivity index is 1.82. The minimum absolute atomic E-state index is 0.116. The molecule has 2 rings (SSSR count). The van der Waals surface area contributed by atoms with E-state index in [4.69, 9.17) is 9.47 Å². The highest BCUT2D eigenvalue weighted by Gasteiger charge is 2.32. The average Bonchev–Trinajstić information content (AvgIpc) is 2.47. The van der Waals surface area contributed by atoms with E-state index in [0.29, 0.717) is 19.1 Å². The minimum atomic E-state index is -0.516. The summed E-state index contributed by atoms with van der Waals surface area (Å²) in [6.07, 6.45) is 2.48. The highest BCUT2D eigenvalue weighted by atomic mass is 16.5. The fourth-order valence-corrected chi connectivity index (χ4v) is 2.80. The lowest BCUT2D eigenvalue weighted by Gasteiger charge is -2.33. The Hall–Kier alpha value is -0.900. The van der Waals surface area contributed by atoms with Crippen molar-refractivity contribution in [2.24, 2.45) is 0 Å². The molecule has 0 spiro atoms. The lowest BCUT2D eigenvalue weighted by atomic mass is 9.80. The topological polar surface area (TPSA) is 38.7 Å². The summed E-state index contributed by atoms with van der Waals surface area (Å²) in [5.74, 6) is 0.431. The van der Waals surface area contributed by atoms with Crippen molar-refractivity contribution in [1.82, 2.24) is 0 Å². The molecule has 112 valence electrons. The Bertz CT molecular complexity index is 405. The van der Waals surface area contributed by atoms with Gasteiger partial charge in [-0.1, -0.05) is 44.5 Å². The van der Waals surface area contributed by atoms with Gasteiger partial charge < -0.3 is 14.6 Å². The van der Waals surface area contributed by atoms with Gasteiger partial charge in [0.2, 0.25) is 0 Å². The van der Waals surface area contributed by atoms with Crippen molar-refractivity contribution >= 4 is 0 Å². The van der Waals surface area contributed by atoms with Crippen LogP contribution in [0, 0.1) is 0 Å². The summed E-state index contributed by atoms with van der Waals surface area (Å²) in [6.45, 7) is 6.31. The normalized spacial score (nSPS) is 25.4. The van der Waals surface area contributed by atoms with Crippen molar-refractivity contribution in [2.75, 3.05) is 19.8 Å². The van der Waals surface area contributed by atoms with Crippen LogP contribution in [-0.2, 0) is 9.47 Å². The molecule has 3 nitrogen and oxygen atoms in total. The number of fused-ring (bicyclic) bond motifs is 1. The summed E-state index contributed by atoms with van der Waals surface area (Å²) in [5, 5.41) is 10.4. The first-order valence-electron chi connectivity index (χ1n) is 7.70. The molecule has 0 aliphatic heterocycles. The second kappa shape index (κ2) is 7.77. The van der Waals surface area contributed by atoms with E-state index >= 15 is 0 Å². The number of hydrogen-bond donors (Lipinski definition) is 1. The molecule has 0 saturated carbocycles. The van der Waals surface area contributed by atoms with Crippen LogP contribution in [0.15, 0.2) is 24.3 Å². The third-order valence-corrected chi connectivity index (χ3v) is 3.99. The molecular weight excluding hydrogens is 252 g/mol. The fraction of sp³-hybridized carbons (Fsp3) is 0.647. The van der Waals surface area contributed by atoms with Crippen LogP contribution >= 0.6 is 0 Å². The summed E-state index contributed by atoms with van der Waals surface area (Å²) in [7, 11) is 0. The number of unbranched alkanes of at least 4 members (excludes halogenated alkanes) is 1. The number of ether oxygens (including phenoxy) is 2. The molecule has 1 aromatic carbocycles. The molecule has 0 radical (unpaired) electrons. The van der Waals surface area contributed by atoms with Crippen LogP contribution in [-0.4, -0.2) is 31.0 Å². The molecular formula is C17H26O3. The molecule has 1 aromatic rings. The molecule has 1 N–H and O–H groups in total. The summed E-state index contributed by atoms with van der Waals surface area (Å²) in [5.41, 5.74) is 2.27. The van der Waals surface area contributed by atoms with Gasteiger partial charge in [-0.25, -0.2) is 0 Å². The molecule has 0 bridgehead atoms. The van der Waals surface area contributed by atoms with Gasteiger partial charge in [-0.05, 0) is 29.9 Å². The van der Waals surface area contributed by atoms with E-state index in [-0.39, 0.29) is 6.10 Å². The molecule has 1 aliphatic rings. The van der Waals surface area contributed by atoms with Crippen LogP contribution in [0.3, 0.4) is 0 Å². The molecule has 20 heavy (non-hydrogen) atoms. The van der Waals surface area contributed by atoms with E-state index in [1.54, 1.807) is 0 Å². The lowest BCUT2D eigenvalue weighted by Crippen LogP contribution is -2.30. The quantitative estimate of drug-likeness (QED) is 0.777. The minimum Gasteiger partial charge on any atom is -0.386 e. The first-order chi connectivity index (χ1) is 9.74. The average molecular weight is 278 g/mol. The van der Waals surface area contributed by atoms with E-state index < -0.39 is 6.10 Å². The largest absolute Gasteiger partial charge is 0.386 e. The lowest BCUT2D eigenvalue weighted by molar-refractivity contribution is -0.0686. The van der Waals surface area contributed by atoms with Crippen LogP contribution in [0.25, 0.3) is 0 Å². The van der Waals surface area contributed by atoms with Crippen molar-refractivity contribution in [3.63, 3.8) is 0 Å². The number of benzene rings is 1. The zero-order chi connectivity index (χ0) is 14.4. The van der Waals surface area contributed by atoms with Gasteiger partial charge in [-0.15, -0.1) is 0 Å². The number of rotatable bonds is 7. The zero-order valence-electron chi connectivity index (χ0n) is 12.5. The first-order valence-corrected chi connectivity index (χ1v) is 7.70. The van der Waals surface area contributed by atoms with Crippen LogP contribution in [0.1, 0.15) is 56.3 Å². The Labute approximate surface area is 121 Å². The second-order valence-corrected chi connectivity index (χ2v) is 5.59. The van der Waals surface area contributed by atoms with E-state index in [2.05, 4.69) is 19.9 Å². The SMILES string of the molecule is CCCCOCCOC1CC(C)c2ccccc2C1O. The van der Waals surface area contributed by atoms with Gasteiger partial charge in [0.05, 0.1) is 19.3 Å². The maximum Gasteiger partial charge on any atom is 0.105 e. The van der Waals surface area contributed by atoms with E-state index in [1.165, 1.54) is 5.56 Å². The predicted molar refractivity (Wildman–Crippen MR) is 79.9 cm³/mol. The molecule has 1 aliphatic carbocycles. The Morgan fingerprint density at radius 3 is 2.65 bits per heavy atom. The highest BCUT2D eigenvalue weighted by Crippen LogP contribution is 2.38. The Morgan fingerprint density at radius 1 is 1.15 bits per heavy atom. The monoisotopic (exact) mass is 278 g/mol. The van der Waals surface area contributed by atoms with Gasteiger partial charge in [0.1, 0.15) is 6.10 Å². The van der Waals surface area contributed by atoms with Crippen LogP contribution < -0.4 is 0 Å². The van der Waals surface area contributed by atoms with E-state index in [0.717, 1.165) is 31.4 Å². The maximum absolute atomic E-state index is 10.4. The molecule has 0 fully saturated rings. The first kappa shape index (κ1) is 15.5. The van der Waals surface area contributed by atoms with Crippen LogP contribution in [0.5, 0.6) is 0 Å². The second-order valence-electron chi connectivity index (χ2n) is 5.59. The van der Waals surface area contributed by atoms with E-state index in [1.807, 2.05) is 18.2 Å². The molecule has 3 atom stereocenters. The van der Waals surface area contributed by atoms with Crippen molar-refractivity contribution in [3.05, 3.63) is 35.4 Å². The molecule has 0 amide bonds. The third-order valence-electron chi connectivity index (χ3n) is 3.99. The smallest absolute Gasteiger partial charge is 0.105 e. The van der Waals surface area contributed by atoms with Crippen LogP contribution in [0.2, 0.25) is 0 Å². The molecule has 0 saturated heterocycles. The molecule has 3 heteroatoms. The van der Waals surface area contributed by atoms with E-state index in [9.17, 15) is 5.11 Å². The molecule has 0 heterocycles. The summed E-state index contributed by atoms with van der Waals surface area (Å²) in [4.78, 5) is 0. The third kappa shape index (κ3) is 3.81. The number of aliphatic hydroxyl groups is 1. The Kier molecular flexibility index (Phi) is 6.02. The Morgan fingerprint density at radius 2 is 1.90 bits per heavy atom. The van der Waals surface area contributed by atoms with Gasteiger partial charge >= 0.3 is 0 Å². The predicted octanol–water partition coefficient (Wildman–Crippen LogP) is 3.43. The summed E-state index contributed by atoms with van der Waals surface area (Å²) >= 11 is 0. The number of aliphatic hydroxyl groups excluding tert-OH is 1. The van der Waals surface area contributed by atoms with Crippen molar-refractivity contribution in [2.45, 2.75) is 51.2 Å². The summed E-state index contributed by atoms with van der Waals surface area (Å²) < 4.78 is 11.3. The molecule has 0 aromatic heterocycles.